The number of thioether (sulfide) groups is 1. The van der Waals surface area contributed by atoms with Gasteiger partial charge in [-0.25, -0.2) is 4.39 Å². The molecule has 1 heterocycles. The van der Waals surface area contributed by atoms with Crippen molar-refractivity contribution in [3.05, 3.63) is 64.3 Å². The van der Waals surface area contributed by atoms with Gasteiger partial charge >= 0.3 is 0 Å². The molecule has 0 aliphatic carbocycles. The summed E-state index contributed by atoms with van der Waals surface area (Å²) in [6.45, 7) is 1.53. The van der Waals surface area contributed by atoms with Crippen molar-refractivity contribution in [1.82, 2.24) is 4.90 Å². The molecule has 8 heteroatoms. The van der Waals surface area contributed by atoms with Crippen molar-refractivity contribution in [1.29, 1.82) is 0 Å². The predicted molar refractivity (Wildman–Crippen MR) is 108 cm³/mol. The molecule has 0 saturated carbocycles. The van der Waals surface area contributed by atoms with Crippen LogP contribution in [0.1, 0.15) is 11.1 Å². The number of nitrogens with one attached hydrogen (secondary N) is 1. The van der Waals surface area contributed by atoms with Crippen LogP contribution in [0.15, 0.2) is 47.4 Å². The molecule has 2 aromatic carbocycles. The minimum atomic E-state index is -0.501. The molecule has 3 rings (SSSR count). The third-order valence-electron chi connectivity index (χ3n) is 3.79. The molecule has 27 heavy (non-hydrogen) atoms. The zero-order chi connectivity index (χ0) is 19.6. The maximum absolute atomic E-state index is 13.8. The van der Waals surface area contributed by atoms with Crippen LogP contribution in [-0.4, -0.2) is 32.7 Å². The van der Waals surface area contributed by atoms with Crippen LogP contribution in [0.3, 0.4) is 0 Å². The van der Waals surface area contributed by atoms with Gasteiger partial charge in [0.25, 0.3) is 5.91 Å². The van der Waals surface area contributed by atoms with Gasteiger partial charge in [-0.3, -0.25) is 14.5 Å². The Morgan fingerprint density at radius 2 is 2.07 bits per heavy atom. The maximum atomic E-state index is 13.8. The van der Waals surface area contributed by atoms with Crippen LogP contribution in [-0.2, 0) is 9.59 Å². The fraction of sp³-hybridized carbons (Fsp3) is 0.105. The van der Waals surface area contributed by atoms with E-state index in [1.165, 1.54) is 18.2 Å². The number of phenols is 1. The highest BCUT2D eigenvalue weighted by molar-refractivity contribution is 8.26. The molecular weight excluding hydrogens is 387 g/mol. The number of amides is 2. The Hall–Kier alpha value is -2.71. The van der Waals surface area contributed by atoms with Crippen LogP contribution in [0, 0.1) is 12.7 Å². The van der Waals surface area contributed by atoms with Crippen LogP contribution in [0.5, 0.6) is 5.75 Å². The van der Waals surface area contributed by atoms with E-state index < -0.39 is 17.6 Å². The maximum Gasteiger partial charge on any atom is 0.266 e. The van der Waals surface area contributed by atoms with Crippen molar-refractivity contribution in [2.24, 2.45) is 0 Å². The number of rotatable bonds is 4. The fourth-order valence-corrected chi connectivity index (χ4v) is 3.70. The Labute approximate surface area is 164 Å². The quantitative estimate of drug-likeness (QED) is 0.464. The number of nitrogens with zero attached hydrogens (tertiary/aromatic N) is 1. The molecule has 2 amide bonds. The van der Waals surface area contributed by atoms with E-state index in [1.54, 1.807) is 30.3 Å². The smallest absolute Gasteiger partial charge is 0.266 e. The molecule has 0 atom stereocenters. The summed E-state index contributed by atoms with van der Waals surface area (Å²) in [4.78, 5) is 26.2. The second kappa shape index (κ2) is 7.89. The number of phenolic OH excluding ortho intramolecular Hbond substituents is 1. The summed E-state index contributed by atoms with van der Waals surface area (Å²) >= 11 is 6.19. The lowest BCUT2D eigenvalue weighted by molar-refractivity contribution is -0.126. The van der Waals surface area contributed by atoms with E-state index in [2.05, 4.69) is 5.32 Å². The number of hydrogen-bond acceptors (Lipinski definition) is 5. The molecule has 2 N–H and O–H groups in total. The molecule has 1 aliphatic rings. The normalized spacial score (nSPS) is 15.5. The van der Waals surface area contributed by atoms with Crippen LogP contribution < -0.4 is 5.32 Å². The van der Waals surface area contributed by atoms with Crippen LogP contribution in [0.4, 0.5) is 10.1 Å². The van der Waals surface area contributed by atoms with Gasteiger partial charge in [-0.15, -0.1) is 0 Å². The summed E-state index contributed by atoms with van der Waals surface area (Å²) in [6, 6.07) is 10.9. The summed E-state index contributed by atoms with van der Waals surface area (Å²) in [6.07, 6.45) is 1.42. The molecule has 0 bridgehead atoms. The summed E-state index contributed by atoms with van der Waals surface area (Å²) in [5.74, 6) is -1.48. The zero-order valence-electron chi connectivity index (χ0n) is 14.2. The highest BCUT2D eigenvalue weighted by Crippen LogP contribution is 2.33. The van der Waals surface area contributed by atoms with Gasteiger partial charge in [-0.1, -0.05) is 48.2 Å². The summed E-state index contributed by atoms with van der Waals surface area (Å²) in [5, 5.41) is 12.4. The van der Waals surface area contributed by atoms with Gasteiger partial charge in [0.05, 0.1) is 10.6 Å². The van der Waals surface area contributed by atoms with E-state index in [4.69, 9.17) is 12.2 Å². The molecule has 0 spiro atoms. The van der Waals surface area contributed by atoms with Gasteiger partial charge in [0, 0.05) is 5.56 Å². The number of carbonyl (C=O) groups excluding carboxylic acids is 2. The number of anilines is 1. The first-order valence-corrected chi connectivity index (χ1v) is 9.17. The Kier molecular flexibility index (Phi) is 5.57. The van der Waals surface area contributed by atoms with Crippen molar-refractivity contribution in [2.75, 3.05) is 11.9 Å². The second-order valence-electron chi connectivity index (χ2n) is 5.86. The van der Waals surface area contributed by atoms with E-state index in [1.807, 2.05) is 6.92 Å². The number of aryl methyl sites for hydroxylation is 1. The van der Waals surface area contributed by atoms with Gasteiger partial charge in [-0.2, -0.15) is 0 Å². The minimum absolute atomic E-state index is 0.0706. The van der Waals surface area contributed by atoms with Crippen molar-refractivity contribution < 1.29 is 19.1 Å². The molecule has 1 aliphatic heterocycles. The SMILES string of the molecule is Cc1ccc(O)c(NC(=O)CN2C(=O)/C(=C/c3ccccc3F)SC2=S)c1. The van der Waals surface area contributed by atoms with Crippen molar-refractivity contribution >= 4 is 51.9 Å². The lowest BCUT2D eigenvalue weighted by Gasteiger charge is -2.15. The average molecular weight is 402 g/mol. The van der Waals surface area contributed by atoms with Crippen molar-refractivity contribution in [3.63, 3.8) is 0 Å². The molecular formula is C19H15FN2O3S2. The molecule has 2 aromatic rings. The third kappa shape index (κ3) is 4.35. The lowest BCUT2D eigenvalue weighted by Crippen LogP contribution is -2.36. The fourth-order valence-electron chi connectivity index (χ4n) is 2.45. The number of benzene rings is 2. The minimum Gasteiger partial charge on any atom is -0.506 e. The largest absolute Gasteiger partial charge is 0.506 e. The first-order valence-electron chi connectivity index (χ1n) is 7.94. The summed E-state index contributed by atoms with van der Waals surface area (Å²) < 4.78 is 14.0. The average Bonchev–Trinajstić information content (AvgIpc) is 2.87. The first kappa shape index (κ1) is 19.1. The Bertz CT molecular complexity index is 975. The van der Waals surface area contributed by atoms with E-state index in [0.29, 0.717) is 0 Å². The predicted octanol–water partition coefficient (Wildman–Crippen LogP) is 3.68. The van der Waals surface area contributed by atoms with Crippen LogP contribution in [0.2, 0.25) is 0 Å². The van der Waals surface area contributed by atoms with Gasteiger partial charge in [0.15, 0.2) is 0 Å². The van der Waals surface area contributed by atoms with Gasteiger partial charge in [0.1, 0.15) is 22.4 Å². The lowest BCUT2D eigenvalue weighted by atomic mass is 10.2. The number of aromatic hydroxyl groups is 1. The molecule has 0 unspecified atom stereocenters. The van der Waals surface area contributed by atoms with E-state index in [0.717, 1.165) is 22.2 Å². The molecule has 5 nitrogen and oxygen atoms in total. The topological polar surface area (TPSA) is 69.6 Å². The Morgan fingerprint density at radius 3 is 2.81 bits per heavy atom. The van der Waals surface area contributed by atoms with E-state index >= 15 is 0 Å². The number of halogens is 1. The molecule has 0 aromatic heterocycles. The standard InChI is InChI=1S/C19H15FN2O3S2/c1-11-6-7-15(23)14(8-11)21-17(24)10-22-18(25)16(27-19(22)26)9-12-4-2-3-5-13(12)20/h2-9,23H,10H2,1H3,(H,21,24)/b16-9-. The van der Waals surface area contributed by atoms with Gasteiger partial charge < -0.3 is 10.4 Å². The third-order valence-corrected chi connectivity index (χ3v) is 5.17. The number of hydrogen-bond donors (Lipinski definition) is 2. The highest BCUT2D eigenvalue weighted by atomic mass is 32.2. The van der Waals surface area contributed by atoms with Crippen molar-refractivity contribution in [3.8, 4) is 5.75 Å². The van der Waals surface area contributed by atoms with Crippen LogP contribution in [0.25, 0.3) is 6.08 Å². The molecule has 1 saturated heterocycles. The summed E-state index contributed by atoms with van der Waals surface area (Å²) in [5.41, 5.74) is 1.39. The second-order valence-corrected chi connectivity index (χ2v) is 7.53. The Balaban J connectivity index is 1.73. The molecule has 0 radical (unpaired) electrons. The monoisotopic (exact) mass is 402 g/mol. The summed E-state index contributed by atoms with van der Waals surface area (Å²) in [7, 11) is 0. The molecule has 138 valence electrons. The number of thiocarbonyl (C=S) groups is 1. The van der Waals surface area contributed by atoms with E-state index in [-0.39, 0.29) is 32.8 Å². The van der Waals surface area contributed by atoms with Crippen LogP contribution >= 0.6 is 24.0 Å². The zero-order valence-corrected chi connectivity index (χ0v) is 15.9. The first-order chi connectivity index (χ1) is 12.8. The number of carbonyl (C=O) groups is 2. The Morgan fingerprint density at radius 1 is 1.33 bits per heavy atom. The highest BCUT2D eigenvalue weighted by Gasteiger charge is 2.33. The molecule has 1 fully saturated rings. The van der Waals surface area contributed by atoms with E-state index in [9.17, 15) is 19.1 Å². The van der Waals surface area contributed by atoms with Gasteiger partial charge in [0.2, 0.25) is 5.91 Å². The van der Waals surface area contributed by atoms with Crippen molar-refractivity contribution in [2.45, 2.75) is 6.92 Å². The van der Waals surface area contributed by atoms with Gasteiger partial charge in [-0.05, 0) is 36.8 Å².